The summed E-state index contributed by atoms with van der Waals surface area (Å²) in [4.78, 5) is 39.5. The highest BCUT2D eigenvalue weighted by Crippen LogP contribution is 2.36. The molecule has 3 aromatic carbocycles. The van der Waals surface area contributed by atoms with Crippen LogP contribution in [0.1, 0.15) is 23.6 Å². The summed E-state index contributed by atoms with van der Waals surface area (Å²) in [6.45, 7) is 4.16. The highest BCUT2D eigenvalue weighted by atomic mass is 79.9. The first-order valence-corrected chi connectivity index (χ1v) is 13.6. The lowest BCUT2D eigenvalue weighted by Crippen LogP contribution is -2.54. The van der Waals surface area contributed by atoms with Crippen LogP contribution < -0.4 is 19.7 Å². The summed E-state index contributed by atoms with van der Waals surface area (Å²) in [5, 5.41) is 3.22. The van der Waals surface area contributed by atoms with E-state index in [0.717, 1.165) is 20.5 Å². The quantitative estimate of drug-likeness (QED) is 0.207. The molecular weight excluding hydrogens is 663 g/mol. The highest BCUT2D eigenvalue weighted by molar-refractivity contribution is 9.10. The van der Waals surface area contributed by atoms with Crippen LogP contribution in [0.3, 0.4) is 0 Å². The number of hydrogen-bond acceptors (Lipinski definition) is 5. The molecule has 1 saturated heterocycles. The molecule has 0 atom stereocenters. The van der Waals surface area contributed by atoms with E-state index in [1.54, 1.807) is 48.5 Å². The zero-order valence-corrected chi connectivity index (χ0v) is 24.8. The second kappa shape index (κ2) is 11.9. The maximum Gasteiger partial charge on any atom is 0.335 e. The van der Waals surface area contributed by atoms with E-state index < -0.39 is 17.8 Å². The van der Waals surface area contributed by atoms with Gasteiger partial charge < -0.3 is 9.47 Å². The third-order valence-electron chi connectivity index (χ3n) is 5.56. The summed E-state index contributed by atoms with van der Waals surface area (Å²) >= 11 is 19.1. The van der Waals surface area contributed by atoms with Crippen LogP contribution in [0.25, 0.3) is 6.08 Å². The van der Waals surface area contributed by atoms with Crippen LogP contribution in [-0.2, 0) is 16.2 Å². The van der Waals surface area contributed by atoms with E-state index in [4.69, 9.17) is 32.7 Å². The van der Waals surface area contributed by atoms with Crippen LogP contribution in [0.15, 0.2) is 63.0 Å². The van der Waals surface area contributed by atoms with Crippen molar-refractivity contribution in [2.45, 2.75) is 20.5 Å². The Kier molecular flexibility index (Phi) is 8.82. The molecule has 1 N–H and O–H groups in total. The molecule has 1 aliphatic heterocycles. The minimum Gasteiger partial charge on any atom is -0.490 e. The molecule has 4 rings (SSSR count). The lowest BCUT2D eigenvalue weighted by Gasteiger charge is -2.27. The molecule has 1 heterocycles. The number of nitrogens with zero attached hydrogens (tertiary/aromatic N) is 1. The first-order valence-electron chi connectivity index (χ1n) is 11.3. The fraction of sp³-hybridized carbons (Fsp3) is 0.148. The molecule has 0 aromatic heterocycles. The Bertz CT molecular complexity index is 1490. The fourth-order valence-corrected chi connectivity index (χ4v) is 4.80. The van der Waals surface area contributed by atoms with Gasteiger partial charge in [0.25, 0.3) is 11.8 Å². The Morgan fingerprint density at radius 1 is 0.947 bits per heavy atom. The molecule has 196 valence electrons. The molecule has 0 radical (unpaired) electrons. The van der Waals surface area contributed by atoms with Crippen molar-refractivity contribution < 1.29 is 23.9 Å². The smallest absolute Gasteiger partial charge is 0.335 e. The molecule has 1 fully saturated rings. The van der Waals surface area contributed by atoms with Gasteiger partial charge in [-0.15, -0.1) is 0 Å². The van der Waals surface area contributed by atoms with Crippen molar-refractivity contribution in [1.82, 2.24) is 5.32 Å². The Morgan fingerprint density at radius 2 is 1.68 bits per heavy atom. The average Bonchev–Trinajstić information content (AvgIpc) is 2.85. The van der Waals surface area contributed by atoms with Crippen LogP contribution in [-0.4, -0.2) is 24.5 Å². The predicted octanol–water partition coefficient (Wildman–Crippen LogP) is 7.47. The Morgan fingerprint density at radius 3 is 2.37 bits per heavy atom. The lowest BCUT2D eigenvalue weighted by atomic mass is 10.1. The first kappa shape index (κ1) is 28.2. The van der Waals surface area contributed by atoms with Gasteiger partial charge in [-0.3, -0.25) is 14.9 Å². The van der Waals surface area contributed by atoms with E-state index in [0.29, 0.717) is 43.9 Å². The normalized spacial score (nSPS) is 14.6. The number of barbiturate groups is 1. The second-order valence-corrected chi connectivity index (χ2v) is 10.7. The van der Waals surface area contributed by atoms with Crippen molar-refractivity contribution in [3.05, 3.63) is 89.8 Å². The average molecular weight is 683 g/mol. The zero-order chi connectivity index (χ0) is 27.6. The number of ether oxygens (including phenoxy) is 2. The summed E-state index contributed by atoms with van der Waals surface area (Å²) in [7, 11) is 0. The van der Waals surface area contributed by atoms with Crippen LogP contribution in [0.5, 0.6) is 11.5 Å². The lowest BCUT2D eigenvalue weighted by molar-refractivity contribution is -0.122. The van der Waals surface area contributed by atoms with Crippen molar-refractivity contribution in [2.75, 3.05) is 11.5 Å². The Hall–Kier alpha value is -2.85. The van der Waals surface area contributed by atoms with Crippen LogP contribution >= 0.6 is 55.1 Å². The number of rotatable bonds is 7. The van der Waals surface area contributed by atoms with E-state index in [9.17, 15) is 14.4 Å². The molecule has 0 aliphatic carbocycles. The van der Waals surface area contributed by atoms with Crippen molar-refractivity contribution in [3.63, 3.8) is 0 Å². The maximum atomic E-state index is 13.3. The number of carbonyl (C=O) groups is 3. The molecule has 0 bridgehead atoms. The second-order valence-electron chi connectivity index (χ2n) is 8.17. The molecule has 1 aliphatic rings. The number of hydrogen-bond donors (Lipinski definition) is 1. The van der Waals surface area contributed by atoms with Gasteiger partial charge in [0.2, 0.25) is 0 Å². The third-order valence-corrected chi connectivity index (χ3v) is 7.73. The van der Waals surface area contributed by atoms with Crippen LogP contribution in [0.4, 0.5) is 10.5 Å². The fourth-order valence-electron chi connectivity index (χ4n) is 3.65. The monoisotopic (exact) mass is 680 g/mol. The minimum atomic E-state index is -0.822. The standard InChI is InChI=1S/C27H20Br2Cl2N2O5/c1-3-37-23-10-16(21(29)12-24(23)38-13-15-4-5-17(30)11-22(15)31)9-19-25(34)32-27(36)33(26(19)35)18-6-7-20(28)14(2)8-18/h4-12H,3,13H2,1-2H3,(H,32,34,36)/b19-9+. The molecule has 11 heteroatoms. The Balaban J connectivity index is 1.67. The molecule has 0 spiro atoms. The van der Waals surface area contributed by atoms with Gasteiger partial charge in [-0.2, -0.15) is 0 Å². The summed E-state index contributed by atoms with van der Waals surface area (Å²) in [6.07, 6.45) is 1.40. The number of halogens is 4. The van der Waals surface area contributed by atoms with Crippen LogP contribution in [0, 0.1) is 6.92 Å². The number of carbonyl (C=O) groups excluding carboxylic acids is 3. The minimum absolute atomic E-state index is 0.160. The number of nitrogens with one attached hydrogen (secondary N) is 1. The molecule has 4 amide bonds. The van der Waals surface area contributed by atoms with E-state index in [1.807, 2.05) is 13.8 Å². The summed E-state index contributed by atoms with van der Waals surface area (Å²) in [5.41, 5.74) is 2.16. The number of anilines is 1. The van der Waals surface area contributed by atoms with Crippen LogP contribution in [0.2, 0.25) is 10.0 Å². The molecule has 3 aromatic rings. The van der Waals surface area contributed by atoms with Gasteiger partial charge in [-0.1, -0.05) is 61.1 Å². The molecule has 0 unspecified atom stereocenters. The van der Waals surface area contributed by atoms with Gasteiger partial charge in [-0.25, -0.2) is 9.69 Å². The largest absolute Gasteiger partial charge is 0.490 e. The number of benzene rings is 3. The van der Waals surface area contributed by atoms with Crippen molar-refractivity contribution in [1.29, 1.82) is 0 Å². The molecule has 0 saturated carbocycles. The summed E-state index contributed by atoms with van der Waals surface area (Å²) in [6, 6.07) is 12.6. The van der Waals surface area contributed by atoms with E-state index in [2.05, 4.69) is 37.2 Å². The van der Waals surface area contributed by atoms with Crippen molar-refractivity contribution in [3.8, 4) is 11.5 Å². The first-order chi connectivity index (χ1) is 18.1. The van der Waals surface area contributed by atoms with Gasteiger partial charge in [0.05, 0.1) is 12.3 Å². The van der Waals surface area contributed by atoms with Crippen molar-refractivity contribution in [2.24, 2.45) is 0 Å². The summed E-state index contributed by atoms with van der Waals surface area (Å²) < 4.78 is 13.1. The number of amides is 4. The number of imide groups is 2. The Labute approximate surface area is 245 Å². The molecule has 7 nitrogen and oxygen atoms in total. The number of aryl methyl sites for hydroxylation is 1. The predicted molar refractivity (Wildman–Crippen MR) is 154 cm³/mol. The van der Waals surface area contributed by atoms with Gasteiger partial charge in [0, 0.05) is 24.6 Å². The van der Waals surface area contributed by atoms with Gasteiger partial charge in [0.15, 0.2) is 11.5 Å². The number of urea groups is 1. The summed E-state index contributed by atoms with van der Waals surface area (Å²) in [5.74, 6) is -0.725. The molecular formula is C27H20Br2Cl2N2O5. The van der Waals surface area contributed by atoms with Gasteiger partial charge in [0.1, 0.15) is 12.2 Å². The molecule has 38 heavy (non-hydrogen) atoms. The van der Waals surface area contributed by atoms with E-state index in [1.165, 1.54) is 6.08 Å². The topological polar surface area (TPSA) is 84.9 Å². The van der Waals surface area contributed by atoms with Gasteiger partial charge >= 0.3 is 6.03 Å². The zero-order valence-electron chi connectivity index (χ0n) is 20.1. The van der Waals surface area contributed by atoms with Gasteiger partial charge in [-0.05, 0) is 73.5 Å². The van der Waals surface area contributed by atoms with E-state index in [-0.39, 0.29) is 12.2 Å². The maximum absolute atomic E-state index is 13.3. The van der Waals surface area contributed by atoms with E-state index >= 15 is 0 Å². The van der Waals surface area contributed by atoms with Crippen molar-refractivity contribution >= 4 is 84.7 Å². The third kappa shape index (κ3) is 6.07. The SMILES string of the molecule is CCOc1cc(/C=C2\C(=O)NC(=O)N(c3ccc(Br)c(C)c3)C2=O)c(Br)cc1OCc1ccc(Cl)cc1Cl. The highest BCUT2D eigenvalue weighted by Gasteiger charge is 2.37.